The van der Waals surface area contributed by atoms with Crippen molar-refractivity contribution in [2.24, 2.45) is 5.92 Å². The fourth-order valence-electron chi connectivity index (χ4n) is 1.88. The molecule has 1 aliphatic rings. The van der Waals surface area contributed by atoms with E-state index in [1.54, 1.807) is 24.3 Å². The summed E-state index contributed by atoms with van der Waals surface area (Å²) in [6.07, 6.45) is 3.22. The van der Waals surface area contributed by atoms with E-state index < -0.39 is 10.0 Å². The van der Waals surface area contributed by atoms with Gasteiger partial charge in [0.25, 0.3) is 0 Å². The summed E-state index contributed by atoms with van der Waals surface area (Å²) >= 11 is 0. The topological polar surface area (TPSA) is 64.6 Å². The van der Waals surface area contributed by atoms with Gasteiger partial charge in [0.1, 0.15) is 5.75 Å². The molecule has 21 heavy (non-hydrogen) atoms. The van der Waals surface area contributed by atoms with Crippen molar-refractivity contribution in [3.8, 4) is 5.75 Å². The number of sulfonamides is 1. The van der Waals surface area contributed by atoms with Gasteiger partial charge in [-0.25, -0.2) is 13.1 Å². The van der Waals surface area contributed by atoms with Crippen molar-refractivity contribution < 1.29 is 17.9 Å². The molecule has 118 valence electrons. The molecule has 1 fully saturated rings. The van der Waals surface area contributed by atoms with E-state index in [2.05, 4.69) is 4.72 Å². The van der Waals surface area contributed by atoms with Crippen molar-refractivity contribution >= 4 is 10.0 Å². The van der Waals surface area contributed by atoms with E-state index in [1.165, 1.54) is 12.8 Å². The van der Waals surface area contributed by atoms with Gasteiger partial charge in [-0.15, -0.1) is 0 Å². The highest BCUT2D eigenvalue weighted by Crippen LogP contribution is 2.28. The number of nitrogens with one attached hydrogen (secondary N) is 1. The molecule has 1 N–H and O–H groups in total. The molecule has 1 aromatic carbocycles. The van der Waals surface area contributed by atoms with Crippen LogP contribution in [0.4, 0.5) is 0 Å². The van der Waals surface area contributed by atoms with Gasteiger partial charge in [0.05, 0.1) is 11.5 Å². The Labute approximate surface area is 126 Å². The first-order valence-corrected chi connectivity index (χ1v) is 8.90. The fraction of sp³-hybridized carbons (Fsp3) is 0.600. The zero-order valence-corrected chi connectivity index (χ0v) is 13.2. The fourth-order valence-corrected chi connectivity index (χ4v) is 2.95. The molecule has 0 atom stereocenters. The minimum Gasteiger partial charge on any atom is -0.494 e. The van der Waals surface area contributed by atoms with Crippen molar-refractivity contribution in [1.82, 2.24) is 4.72 Å². The summed E-state index contributed by atoms with van der Waals surface area (Å²) in [6, 6.07) is 6.43. The summed E-state index contributed by atoms with van der Waals surface area (Å²) in [4.78, 5) is 0.254. The molecule has 6 heteroatoms. The van der Waals surface area contributed by atoms with Crippen molar-refractivity contribution in [3.05, 3.63) is 24.3 Å². The summed E-state index contributed by atoms with van der Waals surface area (Å²) in [5.74, 6) is 1.41. The van der Waals surface area contributed by atoms with Gasteiger partial charge in [-0.3, -0.25) is 0 Å². The quantitative estimate of drug-likeness (QED) is 0.672. The van der Waals surface area contributed by atoms with E-state index in [1.807, 2.05) is 6.92 Å². The second kappa shape index (κ2) is 7.77. The van der Waals surface area contributed by atoms with Crippen LogP contribution in [0.5, 0.6) is 5.75 Å². The van der Waals surface area contributed by atoms with E-state index in [0.717, 1.165) is 12.5 Å². The van der Waals surface area contributed by atoms with Crippen LogP contribution in [0.1, 0.15) is 26.2 Å². The molecule has 0 heterocycles. The van der Waals surface area contributed by atoms with E-state index in [-0.39, 0.29) is 4.90 Å². The van der Waals surface area contributed by atoms with Gasteiger partial charge in [0.15, 0.2) is 0 Å². The molecule has 5 nitrogen and oxygen atoms in total. The summed E-state index contributed by atoms with van der Waals surface area (Å²) in [5, 5.41) is 0. The molecule has 1 saturated carbocycles. The van der Waals surface area contributed by atoms with E-state index in [4.69, 9.17) is 9.47 Å². The van der Waals surface area contributed by atoms with Crippen LogP contribution in [-0.4, -0.2) is 34.8 Å². The number of hydrogen-bond acceptors (Lipinski definition) is 4. The molecule has 0 aliphatic heterocycles. The molecule has 0 radical (unpaired) electrons. The molecule has 0 unspecified atom stereocenters. The van der Waals surface area contributed by atoms with Crippen LogP contribution in [0, 0.1) is 5.92 Å². The third kappa shape index (κ3) is 5.65. The minimum absolute atomic E-state index is 0.254. The highest BCUT2D eigenvalue weighted by molar-refractivity contribution is 7.89. The average Bonchev–Trinajstić information content (AvgIpc) is 3.28. The van der Waals surface area contributed by atoms with E-state index in [9.17, 15) is 8.42 Å². The lowest BCUT2D eigenvalue weighted by Gasteiger charge is -2.08. The van der Waals surface area contributed by atoms with Gasteiger partial charge in [-0.05, 0) is 56.4 Å². The highest BCUT2D eigenvalue weighted by Gasteiger charge is 2.20. The lowest BCUT2D eigenvalue weighted by Crippen LogP contribution is -2.25. The zero-order valence-electron chi connectivity index (χ0n) is 12.4. The third-order valence-electron chi connectivity index (χ3n) is 3.25. The van der Waals surface area contributed by atoms with Gasteiger partial charge < -0.3 is 9.47 Å². The molecule has 0 amide bonds. The minimum atomic E-state index is -3.44. The van der Waals surface area contributed by atoms with Crippen molar-refractivity contribution in [1.29, 1.82) is 0 Å². The third-order valence-corrected chi connectivity index (χ3v) is 4.73. The Hall–Kier alpha value is -1.11. The van der Waals surface area contributed by atoms with Crippen molar-refractivity contribution in [2.45, 2.75) is 31.1 Å². The maximum Gasteiger partial charge on any atom is 0.240 e. The monoisotopic (exact) mass is 313 g/mol. The Morgan fingerprint density at radius 1 is 1.24 bits per heavy atom. The van der Waals surface area contributed by atoms with Gasteiger partial charge in [-0.1, -0.05) is 0 Å². The van der Waals surface area contributed by atoms with Crippen LogP contribution < -0.4 is 9.46 Å². The Morgan fingerprint density at radius 2 is 1.95 bits per heavy atom. The smallest absolute Gasteiger partial charge is 0.240 e. The average molecular weight is 313 g/mol. The summed E-state index contributed by atoms with van der Waals surface area (Å²) < 4.78 is 37.5. The predicted octanol–water partition coefficient (Wildman–Crippen LogP) is 2.18. The van der Waals surface area contributed by atoms with Crippen LogP contribution in [0.15, 0.2) is 29.2 Å². The zero-order chi connectivity index (χ0) is 15.1. The van der Waals surface area contributed by atoms with Gasteiger partial charge in [0, 0.05) is 19.8 Å². The maximum absolute atomic E-state index is 12.1. The molecule has 0 saturated heterocycles. The molecule has 0 spiro atoms. The van der Waals surface area contributed by atoms with E-state index in [0.29, 0.717) is 31.9 Å². The van der Waals surface area contributed by atoms with Crippen LogP contribution in [0.25, 0.3) is 0 Å². The molecule has 0 aromatic heterocycles. The Bertz CT molecular complexity index is 523. The van der Waals surface area contributed by atoms with Gasteiger partial charge >= 0.3 is 0 Å². The Balaban J connectivity index is 1.72. The second-order valence-electron chi connectivity index (χ2n) is 5.17. The molecule has 1 aliphatic carbocycles. The summed E-state index contributed by atoms with van der Waals surface area (Å²) in [7, 11) is -3.44. The molecular weight excluding hydrogens is 290 g/mol. The largest absolute Gasteiger partial charge is 0.494 e. The first-order valence-electron chi connectivity index (χ1n) is 7.42. The lowest BCUT2D eigenvalue weighted by atomic mass is 10.3. The number of benzene rings is 1. The van der Waals surface area contributed by atoms with Crippen LogP contribution in [0.3, 0.4) is 0 Å². The lowest BCUT2D eigenvalue weighted by molar-refractivity contribution is 0.123. The number of rotatable bonds is 10. The first kappa shape index (κ1) is 16.3. The Kier molecular flexibility index (Phi) is 6.02. The standard InChI is InChI=1S/C15H23NO4S/c1-2-20-14-6-8-15(9-7-14)21(17,18)16-10-3-11-19-12-13-4-5-13/h6-9,13,16H,2-5,10-12H2,1H3. The number of hydrogen-bond donors (Lipinski definition) is 1. The second-order valence-corrected chi connectivity index (χ2v) is 6.94. The van der Waals surface area contributed by atoms with Crippen LogP contribution in [0.2, 0.25) is 0 Å². The van der Waals surface area contributed by atoms with Crippen molar-refractivity contribution in [2.75, 3.05) is 26.4 Å². The van der Waals surface area contributed by atoms with Gasteiger partial charge in [-0.2, -0.15) is 0 Å². The molecule has 1 aromatic rings. The highest BCUT2D eigenvalue weighted by atomic mass is 32.2. The predicted molar refractivity (Wildman–Crippen MR) is 81.0 cm³/mol. The first-order chi connectivity index (χ1) is 10.1. The molecular formula is C15H23NO4S. The number of ether oxygens (including phenoxy) is 2. The van der Waals surface area contributed by atoms with Crippen LogP contribution >= 0.6 is 0 Å². The Morgan fingerprint density at radius 3 is 2.57 bits per heavy atom. The summed E-state index contributed by atoms with van der Waals surface area (Å²) in [5.41, 5.74) is 0. The molecule has 2 rings (SSSR count). The van der Waals surface area contributed by atoms with Gasteiger partial charge in [0.2, 0.25) is 10.0 Å². The molecule has 0 bridgehead atoms. The van der Waals surface area contributed by atoms with E-state index >= 15 is 0 Å². The van der Waals surface area contributed by atoms with Crippen LogP contribution in [-0.2, 0) is 14.8 Å². The SMILES string of the molecule is CCOc1ccc(S(=O)(=O)NCCCOCC2CC2)cc1. The maximum atomic E-state index is 12.1. The normalized spacial score (nSPS) is 15.1. The van der Waals surface area contributed by atoms with Crippen molar-refractivity contribution in [3.63, 3.8) is 0 Å². The summed E-state index contributed by atoms with van der Waals surface area (Å²) in [6.45, 7) is 4.25.